The fourth-order valence-corrected chi connectivity index (χ4v) is 3.73. The number of benzene rings is 1. The number of halogens is 5. The Morgan fingerprint density at radius 2 is 1.90 bits per heavy atom. The predicted octanol–water partition coefficient (Wildman–Crippen LogP) is 4.60. The molecule has 3 rings (SSSR count). The molecule has 1 saturated carbocycles. The molecule has 0 spiro atoms. The van der Waals surface area contributed by atoms with Crippen LogP contribution < -0.4 is 9.80 Å². The van der Waals surface area contributed by atoms with Crippen molar-refractivity contribution < 1.29 is 26.7 Å². The molecule has 5 nitrogen and oxygen atoms in total. The Morgan fingerprint density at radius 1 is 1.29 bits per heavy atom. The highest BCUT2D eigenvalue weighted by Crippen LogP contribution is 2.42. The van der Waals surface area contributed by atoms with Gasteiger partial charge in [0.25, 0.3) is 0 Å². The van der Waals surface area contributed by atoms with E-state index in [0.29, 0.717) is 18.8 Å². The smallest absolute Gasteiger partial charge is 0.320 e. The van der Waals surface area contributed by atoms with Gasteiger partial charge in [0.1, 0.15) is 35.2 Å². The third-order valence-corrected chi connectivity index (χ3v) is 5.65. The zero-order valence-electron chi connectivity index (χ0n) is 16.1. The summed E-state index contributed by atoms with van der Waals surface area (Å²) in [6.07, 6.45) is -2.19. The molecule has 11 heteroatoms. The number of thiocarbonyl (C=S) groups is 1. The molecule has 0 unspecified atom stereocenters. The summed E-state index contributed by atoms with van der Waals surface area (Å²) in [5, 5.41) is 8.62. The standard InChI is InChI=1S/C20H15F5N4OS/c1-28(12-8-13(20(23,24)25)16(9-26)27-10-12)18(31)29(19(11-30)6-3-7-19)17-14(21)4-2-5-15(17)22/h2,4-5,8,10-11H,3,6-7H2,1H3. The maximum absolute atomic E-state index is 14.6. The number of rotatable bonds is 4. The average molecular weight is 454 g/mol. The van der Waals surface area contributed by atoms with Crippen molar-refractivity contribution in [3.63, 3.8) is 0 Å². The van der Waals surface area contributed by atoms with E-state index in [4.69, 9.17) is 17.5 Å². The van der Waals surface area contributed by atoms with Gasteiger partial charge in [-0.25, -0.2) is 13.8 Å². The van der Waals surface area contributed by atoms with Gasteiger partial charge in [-0.2, -0.15) is 18.4 Å². The van der Waals surface area contributed by atoms with Crippen LogP contribution in [0, 0.1) is 23.0 Å². The first-order valence-electron chi connectivity index (χ1n) is 9.01. The molecule has 0 bridgehead atoms. The average Bonchev–Trinajstić information content (AvgIpc) is 2.69. The second kappa shape index (κ2) is 8.19. The fraction of sp³-hybridized carbons (Fsp3) is 0.300. The maximum atomic E-state index is 14.6. The van der Waals surface area contributed by atoms with Crippen LogP contribution in [-0.2, 0) is 11.0 Å². The van der Waals surface area contributed by atoms with Gasteiger partial charge in [0.15, 0.2) is 10.8 Å². The Morgan fingerprint density at radius 3 is 2.35 bits per heavy atom. The summed E-state index contributed by atoms with van der Waals surface area (Å²) in [5.74, 6) is -1.95. The molecule has 1 aliphatic carbocycles. The number of nitriles is 1. The number of pyridine rings is 1. The van der Waals surface area contributed by atoms with E-state index in [9.17, 15) is 26.7 Å². The predicted molar refractivity (Wildman–Crippen MR) is 106 cm³/mol. The summed E-state index contributed by atoms with van der Waals surface area (Å²) < 4.78 is 69.2. The van der Waals surface area contributed by atoms with Crippen molar-refractivity contribution in [1.29, 1.82) is 5.26 Å². The lowest BCUT2D eigenvalue weighted by Gasteiger charge is -2.48. The van der Waals surface area contributed by atoms with Gasteiger partial charge in [-0.15, -0.1) is 0 Å². The number of aldehydes is 1. The minimum Gasteiger partial charge on any atom is -0.320 e. The summed E-state index contributed by atoms with van der Waals surface area (Å²) in [6.45, 7) is 0. The van der Waals surface area contributed by atoms with Crippen molar-refractivity contribution in [1.82, 2.24) is 4.98 Å². The lowest BCUT2D eigenvalue weighted by Crippen LogP contribution is -2.61. The van der Waals surface area contributed by atoms with E-state index in [1.165, 1.54) is 13.1 Å². The second-order valence-electron chi connectivity index (χ2n) is 7.02. The first kappa shape index (κ1) is 22.6. The molecule has 0 amide bonds. The lowest BCUT2D eigenvalue weighted by atomic mass is 9.76. The van der Waals surface area contributed by atoms with E-state index in [1.807, 2.05) is 0 Å². The Bertz CT molecular complexity index is 1060. The van der Waals surface area contributed by atoms with Crippen LogP contribution in [0.1, 0.15) is 30.5 Å². The Labute approximate surface area is 179 Å². The number of anilines is 2. The SMILES string of the molecule is CN(C(=S)N(c1c(F)cccc1F)C1(C=O)CCC1)c1cnc(C#N)c(C(F)(F)F)c1. The fourth-order valence-electron chi connectivity index (χ4n) is 3.35. The zero-order chi connectivity index (χ0) is 23.0. The molecule has 0 radical (unpaired) electrons. The van der Waals surface area contributed by atoms with Gasteiger partial charge in [0.05, 0.1) is 17.4 Å². The molecule has 0 atom stereocenters. The minimum atomic E-state index is -4.86. The van der Waals surface area contributed by atoms with E-state index in [-0.39, 0.29) is 23.6 Å². The van der Waals surface area contributed by atoms with Gasteiger partial charge >= 0.3 is 6.18 Å². The summed E-state index contributed by atoms with van der Waals surface area (Å²) in [6, 6.07) is 5.18. The highest BCUT2D eigenvalue weighted by Gasteiger charge is 2.47. The first-order chi connectivity index (χ1) is 14.6. The van der Waals surface area contributed by atoms with E-state index in [1.54, 1.807) is 0 Å². The number of alkyl halides is 3. The number of aromatic nitrogens is 1. The number of hydrogen-bond acceptors (Lipinski definition) is 4. The van der Waals surface area contributed by atoms with Crippen molar-refractivity contribution in [3.05, 3.63) is 53.4 Å². The first-order valence-corrected chi connectivity index (χ1v) is 9.42. The normalized spacial score (nSPS) is 14.9. The number of carbonyl (C=O) groups excluding carboxylic acids is 1. The highest BCUT2D eigenvalue weighted by atomic mass is 32.1. The number of nitrogens with zero attached hydrogens (tertiary/aromatic N) is 4. The molecular formula is C20H15F5N4OS. The van der Waals surface area contributed by atoms with Gasteiger partial charge in [-0.05, 0) is 49.7 Å². The summed E-state index contributed by atoms with van der Waals surface area (Å²) >= 11 is 5.38. The van der Waals surface area contributed by atoms with Crippen molar-refractivity contribution >= 4 is 35.0 Å². The third-order valence-electron chi connectivity index (χ3n) is 5.20. The summed E-state index contributed by atoms with van der Waals surface area (Å²) in [5.41, 5.74) is -4.17. The molecule has 0 aliphatic heterocycles. The largest absolute Gasteiger partial charge is 0.419 e. The number of carbonyl (C=O) groups is 1. The van der Waals surface area contributed by atoms with Gasteiger partial charge < -0.3 is 14.6 Å². The van der Waals surface area contributed by atoms with Gasteiger partial charge in [0, 0.05) is 7.05 Å². The maximum Gasteiger partial charge on any atom is 0.419 e. The van der Waals surface area contributed by atoms with Gasteiger partial charge in [-0.1, -0.05) is 6.07 Å². The van der Waals surface area contributed by atoms with Crippen LogP contribution in [0.2, 0.25) is 0 Å². The highest BCUT2D eigenvalue weighted by molar-refractivity contribution is 7.80. The molecule has 1 aromatic carbocycles. The molecule has 2 aromatic rings. The molecule has 1 fully saturated rings. The van der Waals surface area contributed by atoms with Crippen LogP contribution in [0.25, 0.3) is 0 Å². The van der Waals surface area contributed by atoms with E-state index in [0.717, 1.165) is 34.2 Å². The van der Waals surface area contributed by atoms with Crippen molar-refractivity contribution in [2.24, 2.45) is 0 Å². The van der Waals surface area contributed by atoms with Crippen LogP contribution in [0.4, 0.5) is 33.3 Å². The molecule has 31 heavy (non-hydrogen) atoms. The Balaban J connectivity index is 2.11. The monoisotopic (exact) mass is 454 g/mol. The van der Waals surface area contributed by atoms with E-state index >= 15 is 0 Å². The Hall–Kier alpha value is -3.13. The zero-order valence-corrected chi connectivity index (χ0v) is 16.9. The van der Waals surface area contributed by atoms with Crippen LogP contribution in [-0.4, -0.2) is 29.0 Å². The van der Waals surface area contributed by atoms with Crippen LogP contribution in [0.3, 0.4) is 0 Å². The molecule has 1 aromatic heterocycles. The molecule has 0 N–H and O–H groups in total. The summed E-state index contributed by atoms with van der Waals surface area (Å²) in [7, 11) is 1.29. The second-order valence-corrected chi connectivity index (χ2v) is 7.39. The molecule has 0 saturated heterocycles. The van der Waals surface area contributed by atoms with Crippen molar-refractivity contribution in [2.45, 2.75) is 31.0 Å². The molecule has 162 valence electrons. The summed E-state index contributed by atoms with van der Waals surface area (Å²) in [4.78, 5) is 17.5. The van der Waals surface area contributed by atoms with Crippen molar-refractivity contribution in [2.75, 3.05) is 16.8 Å². The van der Waals surface area contributed by atoms with Gasteiger partial charge in [0.2, 0.25) is 0 Å². The van der Waals surface area contributed by atoms with E-state index < -0.39 is 40.3 Å². The quantitative estimate of drug-likeness (QED) is 0.382. The lowest BCUT2D eigenvalue weighted by molar-refractivity contribution is -0.138. The minimum absolute atomic E-state index is 0.168. The number of para-hydroxylation sites is 1. The molecule has 1 aliphatic rings. The van der Waals surface area contributed by atoms with Crippen molar-refractivity contribution in [3.8, 4) is 6.07 Å². The van der Waals surface area contributed by atoms with Crippen LogP contribution in [0.15, 0.2) is 30.5 Å². The van der Waals surface area contributed by atoms with E-state index in [2.05, 4.69) is 4.98 Å². The van der Waals surface area contributed by atoms with Gasteiger partial charge in [-0.3, -0.25) is 0 Å². The Kier molecular flexibility index (Phi) is 5.96. The molecule has 1 heterocycles. The van der Waals surface area contributed by atoms with Crippen LogP contribution >= 0.6 is 12.2 Å². The molecular weight excluding hydrogens is 439 g/mol. The third kappa shape index (κ3) is 3.95. The van der Waals surface area contributed by atoms with Crippen LogP contribution in [0.5, 0.6) is 0 Å². The number of hydrogen-bond donors (Lipinski definition) is 0. The topological polar surface area (TPSA) is 60.2 Å².